The van der Waals surface area contributed by atoms with Crippen LogP contribution in [0.1, 0.15) is 43.1 Å². The molecule has 2 aliphatic rings. The molecule has 0 saturated carbocycles. The molecule has 0 aliphatic carbocycles. The van der Waals surface area contributed by atoms with Crippen molar-refractivity contribution in [2.24, 2.45) is 0 Å². The Morgan fingerprint density at radius 2 is 1.97 bits per heavy atom. The van der Waals surface area contributed by atoms with Gasteiger partial charge in [0.2, 0.25) is 12.0 Å². The summed E-state index contributed by atoms with van der Waals surface area (Å²) in [5, 5.41) is 19.5. The fourth-order valence-corrected chi connectivity index (χ4v) is 3.90. The van der Waals surface area contributed by atoms with E-state index in [2.05, 4.69) is 9.97 Å². The van der Waals surface area contributed by atoms with Gasteiger partial charge < -0.3 is 39.0 Å². The molecule has 2 aromatic rings. The van der Waals surface area contributed by atoms with Crippen LogP contribution < -0.4 is 5.56 Å². The summed E-state index contributed by atoms with van der Waals surface area (Å²) < 4.78 is 22.1. The van der Waals surface area contributed by atoms with Crippen LogP contribution in [0.2, 0.25) is 0 Å². The van der Waals surface area contributed by atoms with Crippen LogP contribution in [0, 0.1) is 0 Å². The van der Waals surface area contributed by atoms with E-state index in [0.29, 0.717) is 12.8 Å². The normalized spacial score (nSPS) is 21.9. The van der Waals surface area contributed by atoms with Gasteiger partial charge in [0.15, 0.2) is 6.29 Å². The maximum absolute atomic E-state index is 12.5. The number of aromatic hydroxyl groups is 1. The first-order valence-corrected chi connectivity index (χ1v) is 10.8. The number of aliphatic hydroxyl groups excluding tert-OH is 1. The zero-order valence-electron chi connectivity index (χ0n) is 18.2. The Morgan fingerprint density at radius 3 is 2.61 bits per heavy atom. The van der Waals surface area contributed by atoms with E-state index in [9.17, 15) is 19.8 Å². The second-order valence-electron chi connectivity index (χ2n) is 7.91. The van der Waals surface area contributed by atoms with Gasteiger partial charge in [-0.15, -0.1) is 0 Å². The molecule has 0 bridgehead atoms. The molecule has 178 valence electrons. The summed E-state index contributed by atoms with van der Waals surface area (Å²) in [7, 11) is 0. The molecular formula is C22H27N3O8. The quantitative estimate of drug-likeness (QED) is 0.559. The van der Waals surface area contributed by atoms with Gasteiger partial charge in [-0.2, -0.15) is 0 Å². The number of nitrogens with one attached hydrogen (secondary N) is 1. The minimum Gasteiger partial charge on any atom is -0.502 e. The van der Waals surface area contributed by atoms with Crippen LogP contribution in [-0.2, 0) is 31.2 Å². The predicted molar refractivity (Wildman–Crippen MR) is 113 cm³/mol. The number of aromatic amines is 1. The molecule has 4 rings (SSSR count). The molecule has 1 aromatic heterocycles. The zero-order chi connectivity index (χ0) is 23.4. The van der Waals surface area contributed by atoms with Crippen molar-refractivity contribution in [3.63, 3.8) is 0 Å². The highest BCUT2D eigenvalue weighted by atomic mass is 16.9. The van der Waals surface area contributed by atoms with Gasteiger partial charge in [0.25, 0.3) is 5.56 Å². The average molecular weight is 461 g/mol. The molecule has 11 nitrogen and oxygen atoms in total. The van der Waals surface area contributed by atoms with Crippen LogP contribution in [0.3, 0.4) is 0 Å². The van der Waals surface area contributed by atoms with Crippen molar-refractivity contribution in [1.82, 2.24) is 14.9 Å². The third-order valence-corrected chi connectivity index (χ3v) is 5.71. The van der Waals surface area contributed by atoms with E-state index in [1.807, 2.05) is 30.3 Å². The lowest BCUT2D eigenvalue weighted by Crippen LogP contribution is -2.48. The molecule has 0 atom stereocenters. The summed E-state index contributed by atoms with van der Waals surface area (Å²) in [6.07, 6.45) is -1.28. The van der Waals surface area contributed by atoms with Crippen molar-refractivity contribution in [1.29, 1.82) is 0 Å². The van der Waals surface area contributed by atoms with Gasteiger partial charge in [-0.25, -0.2) is 9.78 Å². The number of H-pyrrole nitrogens is 1. The number of aliphatic hydroxyl groups is 1. The highest BCUT2D eigenvalue weighted by Gasteiger charge is 2.43. The number of rotatable bonds is 7. The lowest BCUT2D eigenvalue weighted by molar-refractivity contribution is -0.384. The lowest BCUT2D eigenvalue weighted by Gasteiger charge is -2.40. The van der Waals surface area contributed by atoms with Crippen molar-refractivity contribution in [3.8, 4) is 5.75 Å². The molecule has 2 fully saturated rings. The third kappa shape index (κ3) is 5.01. The van der Waals surface area contributed by atoms with Gasteiger partial charge in [0.05, 0.1) is 13.2 Å². The predicted octanol–water partition coefficient (Wildman–Crippen LogP) is 1.50. The number of hydrogen-bond donors (Lipinski definition) is 3. The number of amides is 1. The van der Waals surface area contributed by atoms with Crippen molar-refractivity contribution in [2.45, 2.75) is 44.6 Å². The summed E-state index contributed by atoms with van der Waals surface area (Å²) in [5.74, 6) is -0.410. The molecule has 11 heteroatoms. The number of piperidine rings is 1. The number of likely N-dealkylation sites (tertiary alicyclic amines) is 1. The Balaban J connectivity index is 1.49. The minimum atomic E-state index is -1.07. The maximum atomic E-state index is 12.5. The van der Waals surface area contributed by atoms with Crippen molar-refractivity contribution in [3.05, 3.63) is 57.8 Å². The average Bonchev–Trinajstić information content (AvgIpc) is 2.82. The molecule has 2 saturated heterocycles. The van der Waals surface area contributed by atoms with E-state index >= 15 is 0 Å². The zero-order valence-corrected chi connectivity index (χ0v) is 18.2. The number of hydrogen-bond acceptors (Lipinski definition) is 9. The van der Waals surface area contributed by atoms with Gasteiger partial charge in [0, 0.05) is 25.9 Å². The molecule has 3 N–H and O–H groups in total. The number of benzene rings is 1. The largest absolute Gasteiger partial charge is 0.502 e. The van der Waals surface area contributed by atoms with Crippen molar-refractivity contribution in [2.75, 3.05) is 26.3 Å². The van der Waals surface area contributed by atoms with E-state index < -0.39 is 35.6 Å². The fraction of sp³-hybridized carbons (Fsp3) is 0.500. The second kappa shape index (κ2) is 9.87. The SMILES string of the molecule is CC1OC(c2nc(C3(OCCO)CCN(C(=O)OCc4ccccc4)CC3)[nH]c(=O)c2O)O1. The number of nitrogens with zero attached hydrogens (tertiary/aromatic N) is 2. The first-order valence-electron chi connectivity index (χ1n) is 10.8. The van der Waals surface area contributed by atoms with Gasteiger partial charge >= 0.3 is 6.09 Å². The maximum Gasteiger partial charge on any atom is 0.410 e. The minimum absolute atomic E-state index is 0.00579. The second-order valence-corrected chi connectivity index (χ2v) is 7.91. The standard InChI is InChI=1S/C22H27N3O8/c1-14-32-19(33-14)16-17(27)18(28)24-20(23-16)22(31-12-11-26)7-9-25(10-8-22)21(29)30-13-15-5-3-2-4-6-15/h2-6,14,19,26-27H,7-13H2,1H3,(H,23,24,28). The number of carbonyl (C=O) groups excluding carboxylic acids is 1. The summed E-state index contributed by atoms with van der Waals surface area (Å²) in [6.45, 7) is 2.19. The molecule has 2 aliphatic heterocycles. The monoisotopic (exact) mass is 461 g/mol. The van der Waals surface area contributed by atoms with Gasteiger partial charge in [-0.1, -0.05) is 30.3 Å². The van der Waals surface area contributed by atoms with E-state index in [4.69, 9.17) is 18.9 Å². The molecule has 33 heavy (non-hydrogen) atoms. The fourth-order valence-electron chi connectivity index (χ4n) is 3.90. The molecule has 3 heterocycles. The summed E-state index contributed by atoms with van der Waals surface area (Å²) in [5.41, 5.74) is -0.978. The smallest absolute Gasteiger partial charge is 0.410 e. The highest BCUT2D eigenvalue weighted by Crippen LogP contribution is 2.38. The van der Waals surface area contributed by atoms with Crippen LogP contribution in [-0.4, -0.2) is 63.8 Å². The molecule has 0 radical (unpaired) electrons. The van der Waals surface area contributed by atoms with Crippen LogP contribution >= 0.6 is 0 Å². The Bertz CT molecular complexity index is 1010. The van der Waals surface area contributed by atoms with Crippen LogP contribution in [0.4, 0.5) is 4.79 Å². The van der Waals surface area contributed by atoms with E-state index in [1.54, 1.807) is 11.8 Å². The molecular weight excluding hydrogens is 434 g/mol. The van der Waals surface area contributed by atoms with Gasteiger partial charge in [0.1, 0.15) is 23.7 Å². The third-order valence-electron chi connectivity index (χ3n) is 5.71. The Hall–Kier alpha value is -2.99. The lowest BCUT2D eigenvalue weighted by atomic mass is 9.90. The molecule has 1 amide bonds. The summed E-state index contributed by atoms with van der Waals surface area (Å²) in [4.78, 5) is 33.4. The highest BCUT2D eigenvalue weighted by molar-refractivity contribution is 5.67. The topological polar surface area (TPSA) is 143 Å². The summed E-state index contributed by atoms with van der Waals surface area (Å²) >= 11 is 0. The Morgan fingerprint density at radius 1 is 1.27 bits per heavy atom. The van der Waals surface area contributed by atoms with Crippen LogP contribution in [0.5, 0.6) is 5.75 Å². The van der Waals surface area contributed by atoms with Crippen molar-refractivity contribution < 1.29 is 34.0 Å². The van der Waals surface area contributed by atoms with Gasteiger partial charge in [-0.05, 0) is 12.5 Å². The molecule has 1 aromatic carbocycles. The van der Waals surface area contributed by atoms with Crippen molar-refractivity contribution >= 4 is 6.09 Å². The molecule has 0 spiro atoms. The van der Waals surface area contributed by atoms with Gasteiger partial charge in [-0.3, -0.25) is 4.79 Å². The van der Waals surface area contributed by atoms with E-state index in [-0.39, 0.29) is 44.4 Å². The number of aromatic nitrogens is 2. The van der Waals surface area contributed by atoms with Crippen LogP contribution in [0.15, 0.2) is 35.1 Å². The first kappa shape index (κ1) is 23.2. The van der Waals surface area contributed by atoms with Crippen LogP contribution in [0.25, 0.3) is 0 Å². The van der Waals surface area contributed by atoms with E-state index in [1.165, 1.54) is 0 Å². The first-order chi connectivity index (χ1) is 15.9. The number of carbonyl (C=O) groups is 1. The van der Waals surface area contributed by atoms with E-state index in [0.717, 1.165) is 5.56 Å². The Kier molecular flexibility index (Phi) is 6.94. The number of ether oxygens (including phenoxy) is 4. The molecule has 0 unspecified atom stereocenters. The Labute approximate surface area is 189 Å². The summed E-state index contributed by atoms with van der Waals surface area (Å²) in [6, 6.07) is 9.38.